The lowest BCUT2D eigenvalue weighted by Crippen LogP contribution is -2.65. The topological polar surface area (TPSA) is 98.0 Å². The summed E-state index contributed by atoms with van der Waals surface area (Å²) in [5.74, 6) is 1.12. The molecule has 0 bridgehead atoms. The molecule has 4 N–H and O–H groups in total. The molecule has 3 aliphatic rings. The van der Waals surface area contributed by atoms with E-state index in [0.717, 1.165) is 19.3 Å². The van der Waals surface area contributed by atoms with Gasteiger partial charge in [0.1, 0.15) is 11.7 Å². The van der Waals surface area contributed by atoms with E-state index in [2.05, 4.69) is 39.8 Å². The zero-order valence-corrected chi connectivity index (χ0v) is 20.6. The van der Waals surface area contributed by atoms with Crippen molar-refractivity contribution in [1.29, 1.82) is 0 Å². The Bertz CT molecular complexity index is 757. The normalized spacial score (nSPS) is 43.6. The Hall–Kier alpha value is -1.01. The van der Waals surface area contributed by atoms with Gasteiger partial charge in [-0.15, -0.1) is 0 Å². The Morgan fingerprint density at radius 2 is 1.84 bits per heavy atom. The minimum Gasteiger partial charge on any atom is -0.396 e. The van der Waals surface area contributed by atoms with Gasteiger partial charge in [-0.3, -0.25) is 4.79 Å². The second-order valence-electron chi connectivity index (χ2n) is 11.7. The Labute approximate surface area is 193 Å². The molecule has 3 aliphatic carbocycles. The van der Waals surface area contributed by atoms with Crippen LogP contribution in [-0.4, -0.2) is 50.6 Å². The molecule has 3 rings (SSSR count). The Balaban J connectivity index is 1.94. The lowest BCUT2D eigenvalue weighted by atomic mass is 9.53. The van der Waals surface area contributed by atoms with Crippen LogP contribution in [0, 0.1) is 34.5 Å². The zero-order chi connectivity index (χ0) is 23.9. The molecule has 0 saturated heterocycles. The molecule has 3 unspecified atom stereocenters. The predicted molar refractivity (Wildman–Crippen MR) is 126 cm³/mol. The van der Waals surface area contributed by atoms with Crippen LogP contribution < -0.4 is 0 Å². The molecule has 0 amide bonds. The van der Waals surface area contributed by atoms with E-state index in [4.69, 9.17) is 0 Å². The minimum atomic E-state index is -1.64. The summed E-state index contributed by atoms with van der Waals surface area (Å²) >= 11 is 0. The van der Waals surface area contributed by atoms with Crippen molar-refractivity contribution in [2.45, 2.75) is 97.4 Å². The third kappa shape index (κ3) is 4.15. The number of ketones is 1. The van der Waals surface area contributed by atoms with Gasteiger partial charge in [0.2, 0.25) is 0 Å². The van der Waals surface area contributed by atoms with Gasteiger partial charge in [0, 0.05) is 13.0 Å². The highest BCUT2D eigenvalue weighted by Crippen LogP contribution is 2.59. The molecule has 0 aliphatic heterocycles. The predicted octanol–water partition coefficient (Wildman–Crippen LogP) is 3.79. The fourth-order valence-electron chi connectivity index (χ4n) is 7.03. The van der Waals surface area contributed by atoms with Crippen LogP contribution in [0.3, 0.4) is 0 Å². The molecule has 182 valence electrons. The molecule has 0 heterocycles. The molecule has 0 aromatic carbocycles. The fourth-order valence-corrected chi connectivity index (χ4v) is 7.03. The quantitative estimate of drug-likeness (QED) is 0.444. The summed E-state index contributed by atoms with van der Waals surface area (Å²) in [4.78, 5) is 13.8. The molecule has 0 spiro atoms. The fraction of sp³-hybridized carbons (Fsp3) is 0.815. The first-order valence-electron chi connectivity index (χ1n) is 12.5. The summed E-state index contributed by atoms with van der Waals surface area (Å²) < 4.78 is 0. The highest BCUT2D eigenvalue weighted by atomic mass is 16.3. The van der Waals surface area contributed by atoms with Crippen LogP contribution >= 0.6 is 0 Å². The number of hydrogen-bond acceptors (Lipinski definition) is 5. The monoisotopic (exact) mass is 448 g/mol. The summed E-state index contributed by atoms with van der Waals surface area (Å²) in [5, 5.41) is 42.4. The van der Waals surface area contributed by atoms with E-state index >= 15 is 0 Å². The van der Waals surface area contributed by atoms with Gasteiger partial charge < -0.3 is 20.4 Å². The van der Waals surface area contributed by atoms with Gasteiger partial charge in [-0.2, -0.15) is 0 Å². The van der Waals surface area contributed by atoms with Crippen molar-refractivity contribution in [3.05, 3.63) is 23.8 Å². The van der Waals surface area contributed by atoms with Gasteiger partial charge in [-0.25, -0.2) is 0 Å². The molecule has 0 radical (unpaired) electrons. The average Bonchev–Trinajstić information content (AvgIpc) is 3.04. The van der Waals surface area contributed by atoms with Crippen LogP contribution in [0.15, 0.2) is 23.8 Å². The first kappa shape index (κ1) is 25.6. The van der Waals surface area contributed by atoms with Gasteiger partial charge in [-0.1, -0.05) is 39.8 Å². The van der Waals surface area contributed by atoms with E-state index in [1.807, 2.05) is 0 Å². The number of carbonyl (C=O) groups is 1. The van der Waals surface area contributed by atoms with Crippen molar-refractivity contribution >= 4 is 5.78 Å². The van der Waals surface area contributed by atoms with Gasteiger partial charge in [0.15, 0.2) is 5.78 Å². The third-order valence-corrected chi connectivity index (χ3v) is 9.19. The van der Waals surface area contributed by atoms with Crippen LogP contribution in [0.1, 0.15) is 79.6 Å². The second kappa shape index (κ2) is 9.32. The van der Waals surface area contributed by atoms with Crippen LogP contribution in [0.2, 0.25) is 0 Å². The number of aliphatic hydroxyl groups is 4. The Morgan fingerprint density at radius 3 is 2.47 bits per heavy atom. The lowest BCUT2D eigenvalue weighted by Gasteiger charge is -2.54. The van der Waals surface area contributed by atoms with E-state index in [1.54, 1.807) is 13.0 Å². The number of Topliss-reactive ketones (excluding diaryl/α,β-unsaturated/α-hetero) is 1. The smallest absolute Gasteiger partial charge is 0.167 e. The van der Waals surface area contributed by atoms with Gasteiger partial charge in [-0.05, 0) is 86.2 Å². The van der Waals surface area contributed by atoms with Crippen LogP contribution in [0.25, 0.3) is 0 Å². The minimum absolute atomic E-state index is 0.0130. The van der Waals surface area contributed by atoms with E-state index in [0.29, 0.717) is 42.6 Å². The molecule has 2 fully saturated rings. The van der Waals surface area contributed by atoms with Crippen LogP contribution in [0.4, 0.5) is 0 Å². The zero-order valence-electron chi connectivity index (χ0n) is 20.6. The highest BCUT2D eigenvalue weighted by molar-refractivity contribution is 6.02. The van der Waals surface area contributed by atoms with E-state index in [9.17, 15) is 25.2 Å². The van der Waals surface area contributed by atoms with E-state index in [-0.39, 0.29) is 30.1 Å². The van der Waals surface area contributed by atoms with E-state index < -0.39 is 23.2 Å². The molecular formula is C27H44O5. The highest BCUT2D eigenvalue weighted by Gasteiger charge is 2.63. The summed E-state index contributed by atoms with van der Waals surface area (Å²) in [5.41, 5.74) is -2.38. The molecular weight excluding hydrogens is 404 g/mol. The molecule has 5 nitrogen and oxygen atoms in total. The van der Waals surface area contributed by atoms with Crippen molar-refractivity contribution in [3.63, 3.8) is 0 Å². The number of carbonyl (C=O) groups excluding carboxylic acids is 1. The molecule has 5 heteroatoms. The first-order valence-corrected chi connectivity index (χ1v) is 12.5. The summed E-state index contributed by atoms with van der Waals surface area (Å²) in [6, 6.07) is 0. The second-order valence-corrected chi connectivity index (χ2v) is 11.7. The summed E-state index contributed by atoms with van der Waals surface area (Å²) in [7, 11) is 0. The van der Waals surface area contributed by atoms with Crippen LogP contribution in [-0.2, 0) is 4.79 Å². The molecule has 8 atom stereocenters. The van der Waals surface area contributed by atoms with Crippen molar-refractivity contribution in [1.82, 2.24) is 0 Å². The Kier molecular flexibility index (Phi) is 7.46. The summed E-state index contributed by atoms with van der Waals surface area (Å²) in [6.07, 6.45) is 8.49. The lowest BCUT2D eigenvalue weighted by molar-refractivity contribution is -0.191. The number of hydrogen-bond donors (Lipinski definition) is 4. The SMILES string of the molecule is CC(C)C/C=C/C(C)C1CCC(C2=C[C@H](O)[C@@]3(O)C[C@@H](O)CC[C@]3(C)C2=O)[C@]1(C)CCO. The number of fused-ring (bicyclic) bond motifs is 1. The Morgan fingerprint density at radius 1 is 1.16 bits per heavy atom. The maximum atomic E-state index is 13.8. The van der Waals surface area contributed by atoms with Gasteiger partial charge in [0.05, 0.1) is 11.5 Å². The number of rotatable bonds is 7. The van der Waals surface area contributed by atoms with E-state index in [1.165, 1.54) is 0 Å². The van der Waals surface area contributed by atoms with Crippen molar-refractivity contribution in [3.8, 4) is 0 Å². The van der Waals surface area contributed by atoms with Crippen molar-refractivity contribution in [2.24, 2.45) is 34.5 Å². The van der Waals surface area contributed by atoms with Gasteiger partial charge in [0.25, 0.3) is 0 Å². The number of aliphatic hydroxyl groups excluding tert-OH is 3. The third-order valence-electron chi connectivity index (χ3n) is 9.19. The molecule has 0 aromatic rings. The maximum Gasteiger partial charge on any atom is 0.167 e. The molecule has 32 heavy (non-hydrogen) atoms. The molecule has 0 aromatic heterocycles. The average molecular weight is 449 g/mol. The van der Waals surface area contributed by atoms with Crippen molar-refractivity contribution in [2.75, 3.05) is 6.61 Å². The largest absolute Gasteiger partial charge is 0.396 e. The standard InChI is InChI=1S/C27H44O5/c1-17(2)7-6-8-18(3)21-9-10-22(25(21,4)13-14-28)20-15-23(30)27(32)16-19(29)11-12-26(27,5)24(20)31/h6,8,15,17-19,21-23,28-30,32H,7,9-14,16H2,1-5H3/b8-6+/t18?,19-,21?,22?,23-,25+,26+,27-/m0/s1. The maximum absolute atomic E-state index is 13.8. The van der Waals surface area contributed by atoms with Crippen LogP contribution in [0.5, 0.6) is 0 Å². The van der Waals surface area contributed by atoms with Gasteiger partial charge >= 0.3 is 0 Å². The molecule has 2 saturated carbocycles. The first-order chi connectivity index (χ1) is 14.9. The van der Waals surface area contributed by atoms with Crippen molar-refractivity contribution < 1.29 is 25.2 Å². The number of allylic oxidation sites excluding steroid dienone is 3. The summed E-state index contributed by atoms with van der Waals surface area (Å²) in [6.45, 7) is 10.6.